The lowest BCUT2D eigenvalue weighted by Crippen LogP contribution is -2.06. The Morgan fingerprint density at radius 1 is 1.43 bits per heavy atom. The summed E-state index contributed by atoms with van der Waals surface area (Å²) in [5, 5.41) is 18.5. The number of H-pyrrole nitrogens is 1. The largest absolute Gasteiger partial charge is 0.286 e. The van der Waals surface area contributed by atoms with Crippen LogP contribution in [0.25, 0.3) is 0 Å². The third kappa shape index (κ3) is 4.81. The van der Waals surface area contributed by atoms with Gasteiger partial charge in [0.1, 0.15) is 0 Å². The summed E-state index contributed by atoms with van der Waals surface area (Å²) >= 11 is 2.63. The van der Waals surface area contributed by atoms with Crippen LogP contribution < -0.4 is 5.32 Å². The van der Waals surface area contributed by atoms with Crippen LogP contribution in [-0.2, 0) is 5.75 Å². The minimum absolute atomic E-state index is 0.155. The highest BCUT2D eigenvalue weighted by Gasteiger charge is 2.07. The summed E-state index contributed by atoms with van der Waals surface area (Å²) in [6.45, 7) is 1.91. The predicted octanol–water partition coefficient (Wildman–Crippen LogP) is 3.25. The lowest BCUT2D eigenvalue weighted by atomic mass is 10.2. The van der Waals surface area contributed by atoms with Crippen molar-refractivity contribution in [2.45, 2.75) is 17.8 Å². The summed E-state index contributed by atoms with van der Waals surface area (Å²) in [4.78, 5) is 15.6. The molecule has 0 unspecified atom stereocenters. The molecule has 0 saturated heterocycles. The van der Waals surface area contributed by atoms with Gasteiger partial charge in [-0.2, -0.15) is 10.2 Å². The van der Waals surface area contributed by atoms with E-state index in [-0.39, 0.29) is 5.24 Å². The van der Waals surface area contributed by atoms with Gasteiger partial charge in [0.25, 0.3) is 5.24 Å². The monoisotopic (exact) mass is 319 g/mol. The summed E-state index contributed by atoms with van der Waals surface area (Å²) in [6.07, 6.45) is 0. The molecule has 21 heavy (non-hydrogen) atoms. The van der Waals surface area contributed by atoms with Crippen molar-refractivity contribution in [2.75, 3.05) is 11.1 Å². The second kappa shape index (κ2) is 7.71. The van der Waals surface area contributed by atoms with Crippen molar-refractivity contribution in [3.8, 4) is 6.07 Å². The number of carbonyl (C=O) groups excluding carboxylic acids is 1. The average Bonchev–Trinajstić information content (AvgIpc) is 2.93. The van der Waals surface area contributed by atoms with Crippen LogP contribution in [0.1, 0.15) is 18.1 Å². The lowest BCUT2D eigenvalue weighted by molar-refractivity contribution is 0.269. The molecule has 1 aromatic heterocycles. The first-order valence-corrected chi connectivity index (χ1v) is 8.16. The number of nitriles is 1. The van der Waals surface area contributed by atoms with Crippen LogP contribution in [0.2, 0.25) is 0 Å². The zero-order chi connectivity index (χ0) is 15.1. The van der Waals surface area contributed by atoms with E-state index in [4.69, 9.17) is 5.26 Å². The summed E-state index contributed by atoms with van der Waals surface area (Å²) in [5.41, 5.74) is 1.72. The van der Waals surface area contributed by atoms with E-state index < -0.39 is 0 Å². The SMILES string of the molecule is CCSC(=O)Nc1nc(SCc2ccc(C#N)cc2)n[nH]1. The first kappa shape index (κ1) is 15.4. The van der Waals surface area contributed by atoms with Gasteiger partial charge < -0.3 is 0 Å². The minimum Gasteiger partial charge on any atom is -0.286 e. The maximum atomic E-state index is 11.4. The molecule has 1 amide bonds. The number of amides is 1. The van der Waals surface area contributed by atoms with Crippen molar-refractivity contribution in [3.05, 3.63) is 35.4 Å². The highest BCUT2D eigenvalue weighted by atomic mass is 32.2. The van der Waals surface area contributed by atoms with Gasteiger partial charge in [0, 0.05) is 5.75 Å². The molecule has 0 radical (unpaired) electrons. The van der Waals surface area contributed by atoms with Crippen molar-refractivity contribution in [1.82, 2.24) is 15.2 Å². The first-order chi connectivity index (χ1) is 10.2. The Labute approximate surface area is 130 Å². The van der Waals surface area contributed by atoms with Crippen molar-refractivity contribution in [2.24, 2.45) is 0 Å². The number of rotatable bonds is 5. The van der Waals surface area contributed by atoms with E-state index in [2.05, 4.69) is 26.6 Å². The number of nitrogens with zero attached hydrogens (tertiary/aromatic N) is 3. The summed E-state index contributed by atoms with van der Waals surface area (Å²) in [6, 6.07) is 9.44. The van der Waals surface area contributed by atoms with Gasteiger partial charge in [-0.05, 0) is 23.4 Å². The summed E-state index contributed by atoms with van der Waals surface area (Å²) in [5.74, 6) is 1.75. The number of nitrogens with one attached hydrogen (secondary N) is 2. The Bertz CT molecular complexity index is 647. The number of carbonyl (C=O) groups is 1. The zero-order valence-electron chi connectivity index (χ0n) is 11.3. The van der Waals surface area contributed by atoms with Crippen LogP contribution in [-0.4, -0.2) is 26.2 Å². The van der Waals surface area contributed by atoms with E-state index in [1.54, 1.807) is 12.1 Å². The molecule has 6 nitrogen and oxygen atoms in total. The predicted molar refractivity (Wildman–Crippen MR) is 84.3 cm³/mol. The molecule has 1 aromatic carbocycles. The summed E-state index contributed by atoms with van der Waals surface area (Å²) in [7, 11) is 0. The van der Waals surface area contributed by atoms with E-state index >= 15 is 0 Å². The van der Waals surface area contributed by atoms with Crippen molar-refractivity contribution >= 4 is 34.7 Å². The van der Waals surface area contributed by atoms with Crippen molar-refractivity contribution < 1.29 is 4.79 Å². The molecule has 0 bridgehead atoms. The number of benzene rings is 1. The van der Waals surface area contributed by atoms with Crippen LogP contribution in [0.4, 0.5) is 10.7 Å². The third-order valence-corrected chi connectivity index (χ3v) is 3.98. The van der Waals surface area contributed by atoms with Gasteiger partial charge in [-0.15, -0.1) is 5.10 Å². The molecule has 2 aromatic rings. The fourth-order valence-corrected chi connectivity index (χ4v) is 2.64. The number of aromatic nitrogens is 3. The van der Waals surface area contributed by atoms with E-state index in [1.165, 1.54) is 23.5 Å². The topological polar surface area (TPSA) is 94.5 Å². The number of hydrogen-bond donors (Lipinski definition) is 2. The number of thioether (sulfide) groups is 2. The quantitative estimate of drug-likeness (QED) is 0.821. The number of hydrogen-bond acceptors (Lipinski definition) is 6. The Morgan fingerprint density at radius 3 is 2.86 bits per heavy atom. The second-order valence-corrected chi connectivity index (χ2v) is 6.09. The van der Waals surface area contributed by atoms with Gasteiger partial charge in [-0.25, -0.2) is 5.10 Å². The highest BCUT2D eigenvalue weighted by Crippen LogP contribution is 2.20. The smallest absolute Gasteiger partial charge is 0.285 e. The molecule has 2 rings (SSSR count). The standard InChI is InChI=1S/C13H13N5OS2/c1-2-20-13(19)16-11-15-12(18-17-11)21-8-10-5-3-9(7-14)4-6-10/h3-6H,2,8H2,1H3,(H2,15,16,17,18,19). The van der Waals surface area contributed by atoms with E-state index in [0.29, 0.717) is 28.2 Å². The van der Waals surface area contributed by atoms with Gasteiger partial charge in [-0.3, -0.25) is 10.1 Å². The minimum atomic E-state index is -0.155. The fourth-order valence-electron chi connectivity index (χ4n) is 1.45. The molecule has 0 aliphatic rings. The Morgan fingerprint density at radius 2 is 2.19 bits per heavy atom. The number of anilines is 1. The molecular formula is C13H13N5OS2. The fraction of sp³-hybridized carbons (Fsp3) is 0.231. The Kier molecular flexibility index (Phi) is 5.66. The number of aromatic amines is 1. The Balaban J connectivity index is 1.87. The van der Waals surface area contributed by atoms with Crippen LogP contribution in [0, 0.1) is 11.3 Å². The average molecular weight is 319 g/mol. The molecule has 2 N–H and O–H groups in total. The molecule has 1 heterocycles. The molecule has 0 fully saturated rings. The van der Waals surface area contributed by atoms with Crippen LogP contribution in [0.5, 0.6) is 0 Å². The van der Waals surface area contributed by atoms with Gasteiger partial charge >= 0.3 is 0 Å². The molecular weight excluding hydrogens is 306 g/mol. The van der Waals surface area contributed by atoms with Gasteiger partial charge in [0.15, 0.2) is 0 Å². The molecule has 8 heteroatoms. The lowest BCUT2D eigenvalue weighted by Gasteiger charge is -1.98. The van der Waals surface area contributed by atoms with Gasteiger partial charge in [0.2, 0.25) is 11.1 Å². The maximum absolute atomic E-state index is 11.4. The molecule has 0 spiro atoms. The van der Waals surface area contributed by atoms with Crippen LogP contribution >= 0.6 is 23.5 Å². The molecule has 0 atom stereocenters. The molecule has 0 saturated carbocycles. The van der Waals surface area contributed by atoms with E-state index in [9.17, 15) is 4.79 Å². The highest BCUT2D eigenvalue weighted by molar-refractivity contribution is 8.13. The van der Waals surface area contributed by atoms with Gasteiger partial charge in [0.05, 0.1) is 11.6 Å². The molecule has 108 valence electrons. The van der Waals surface area contributed by atoms with Crippen molar-refractivity contribution in [3.63, 3.8) is 0 Å². The van der Waals surface area contributed by atoms with Crippen LogP contribution in [0.3, 0.4) is 0 Å². The van der Waals surface area contributed by atoms with E-state index in [1.807, 2.05) is 19.1 Å². The molecule has 0 aliphatic carbocycles. The summed E-state index contributed by atoms with van der Waals surface area (Å²) < 4.78 is 0. The third-order valence-electron chi connectivity index (χ3n) is 2.41. The zero-order valence-corrected chi connectivity index (χ0v) is 12.9. The maximum Gasteiger partial charge on any atom is 0.285 e. The van der Waals surface area contributed by atoms with E-state index in [0.717, 1.165) is 5.56 Å². The second-order valence-electron chi connectivity index (χ2n) is 3.91. The first-order valence-electron chi connectivity index (χ1n) is 6.19. The van der Waals surface area contributed by atoms with Crippen molar-refractivity contribution in [1.29, 1.82) is 5.26 Å². The van der Waals surface area contributed by atoms with Crippen LogP contribution in [0.15, 0.2) is 29.4 Å². The molecule has 0 aliphatic heterocycles. The Hall–Kier alpha value is -1.98. The normalized spacial score (nSPS) is 10.1. The van der Waals surface area contributed by atoms with Gasteiger partial charge in [-0.1, -0.05) is 42.6 Å².